The van der Waals surface area contributed by atoms with Crippen molar-refractivity contribution >= 4 is 27.5 Å². The zero-order valence-electron chi connectivity index (χ0n) is 15.5. The molecule has 6 nitrogen and oxygen atoms in total. The third-order valence-corrected chi connectivity index (χ3v) is 6.10. The summed E-state index contributed by atoms with van der Waals surface area (Å²) >= 11 is 6.14. The van der Waals surface area contributed by atoms with E-state index in [2.05, 4.69) is 11.6 Å². The first-order chi connectivity index (χ1) is 12.2. The lowest BCUT2D eigenvalue weighted by atomic mass is 9.99. The second-order valence-corrected chi connectivity index (χ2v) is 9.36. The number of carbonyl (C=O) groups is 1. The molecule has 1 aromatic rings. The van der Waals surface area contributed by atoms with Crippen molar-refractivity contribution in [3.05, 3.63) is 23.2 Å². The molecule has 1 saturated heterocycles. The van der Waals surface area contributed by atoms with Gasteiger partial charge in [-0.15, -0.1) is 0 Å². The van der Waals surface area contributed by atoms with Crippen LogP contribution in [-0.4, -0.2) is 45.5 Å². The van der Waals surface area contributed by atoms with Crippen LogP contribution in [0.2, 0.25) is 5.02 Å². The van der Waals surface area contributed by atoms with E-state index in [0.29, 0.717) is 18.2 Å². The summed E-state index contributed by atoms with van der Waals surface area (Å²) in [5.41, 5.74) is 0. The number of benzene rings is 1. The predicted molar refractivity (Wildman–Crippen MR) is 102 cm³/mol. The molecule has 0 radical (unpaired) electrons. The van der Waals surface area contributed by atoms with Crippen molar-refractivity contribution in [1.29, 1.82) is 0 Å². The van der Waals surface area contributed by atoms with Gasteiger partial charge in [0.15, 0.2) is 6.61 Å². The van der Waals surface area contributed by atoms with E-state index >= 15 is 0 Å². The van der Waals surface area contributed by atoms with Gasteiger partial charge in [0.1, 0.15) is 5.75 Å². The molecule has 1 fully saturated rings. The number of hydrogen-bond donors (Lipinski definition) is 1. The molecule has 1 heterocycles. The Morgan fingerprint density at radius 2 is 2.00 bits per heavy atom. The molecule has 1 aliphatic rings. The molecule has 1 amide bonds. The number of nitrogens with one attached hydrogen (secondary N) is 1. The Labute approximate surface area is 160 Å². The first-order valence-electron chi connectivity index (χ1n) is 8.89. The highest BCUT2D eigenvalue weighted by molar-refractivity contribution is 7.89. The minimum Gasteiger partial charge on any atom is -0.482 e. The molecule has 0 saturated carbocycles. The lowest BCUT2D eigenvalue weighted by Gasteiger charge is -2.30. The SMILES string of the molecule is CC(C)CNS(=O)(=O)c1ccc(OCC(=O)N2CCC(C)CC2)c(Cl)c1. The summed E-state index contributed by atoms with van der Waals surface area (Å²) in [6.45, 7) is 7.77. The van der Waals surface area contributed by atoms with Gasteiger partial charge >= 0.3 is 0 Å². The highest BCUT2D eigenvalue weighted by Crippen LogP contribution is 2.27. The molecule has 146 valence electrons. The molecule has 1 aromatic carbocycles. The fraction of sp³-hybridized carbons (Fsp3) is 0.611. The number of halogens is 1. The lowest BCUT2D eigenvalue weighted by Crippen LogP contribution is -2.40. The molecule has 26 heavy (non-hydrogen) atoms. The summed E-state index contributed by atoms with van der Waals surface area (Å²) in [6, 6.07) is 4.25. The van der Waals surface area contributed by atoms with Crippen LogP contribution in [0.15, 0.2) is 23.1 Å². The monoisotopic (exact) mass is 402 g/mol. The van der Waals surface area contributed by atoms with E-state index in [1.165, 1.54) is 18.2 Å². The van der Waals surface area contributed by atoms with Gasteiger partial charge in [-0.3, -0.25) is 4.79 Å². The minimum absolute atomic E-state index is 0.0758. The molecule has 1 aliphatic heterocycles. The Bertz CT molecular complexity index is 729. The Morgan fingerprint density at radius 1 is 1.35 bits per heavy atom. The van der Waals surface area contributed by atoms with Crippen LogP contribution in [-0.2, 0) is 14.8 Å². The second kappa shape index (κ2) is 9.06. The van der Waals surface area contributed by atoms with Crippen LogP contribution in [0.1, 0.15) is 33.6 Å². The van der Waals surface area contributed by atoms with Crippen molar-refractivity contribution in [2.45, 2.75) is 38.5 Å². The van der Waals surface area contributed by atoms with Crippen molar-refractivity contribution in [3.63, 3.8) is 0 Å². The molecular weight excluding hydrogens is 376 g/mol. The number of ether oxygens (including phenoxy) is 1. The second-order valence-electron chi connectivity index (χ2n) is 7.19. The third kappa shape index (κ3) is 5.86. The number of rotatable bonds is 7. The fourth-order valence-electron chi connectivity index (χ4n) is 2.61. The quantitative estimate of drug-likeness (QED) is 0.760. The minimum atomic E-state index is -3.61. The van der Waals surface area contributed by atoms with Gasteiger partial charge < -0.3 is 9.64 Å². The number of piperidine rings is 1. The molecule has 0 bridgehead atoms. The van der Waals surface area contributed by atoms with Crippen LogP contribution in [0, 0.1) is 11.8 Å². The zero-order valence-corrected chi connectivity index (χ0v) is 17.1. The van der Waals surface area contributed by atoms with Crippen LogP contribution in [0.5, 0.6) is 5.75 Å². The van der Waals surface area contributed by atoms with Crippen LogP contribution < -0.4 is 9.46 Å². The molecule has 8 heteroatoms. The number of likely N-dealkylation sites (tertiary alicyclic amines) is 1. The summed E-state index contributed by atoms with van der Waals surface area (Å²) in [4.78, 5) is 14.1. The number of carbonyl (C=O) groups excluding carboxylic acids is 1. The van der Waals surface area contributed by atoms with E-state index in [-0.39, 0.29) is 28.4 Å². The maximum atomic E-state index is 12.2. The predicted octanol–water partition coefficient (Wildman–Crippen LogP) is 2.91. The number of nitrogens with zero attached hydrogens (tertiary/aromatic N) is 1. The summed E-state index contributed by atoms with van der Waals surface area (Å²) in [5.74, 6) is 1.07. The Hall–Kier alpha value is -1.31. The molecule has 0 atom stereocenters. The average molecular weight is 403 g/mol. The number of sulfonamides is 1. The van der Waals surface area contributed by atoms with Gasteiger partial charge in [-0.05, 0) is 42.9 Å². The number of hydrogen-bond acceptors (Lipinski definition) is 4. The highest BCUT2D eigenvalue weighted by Gasteiger charge is 2.21. The smallest absolute Gasteiger partial charge is 0.260 e. The highest BCUT2D eigenvalue weighted by atomic mass is 35.5. The van der Waals surface area contributed by atoms with E-state index in [4.69, 9.17) is 16.3 Å². The maximum absolute atomic E-state index is 12.2. The van der Waals surface area contributed by atoms with Gasteiger partial charge in [-0.1, -0.05) is 32.4 Å². The van der Waals surface area contributed by atoms with E-state index < -0.39 is 10.0 Å². The van der Waals surface area contributed by atoms with Crippen molar-refractivity contribution in [2.75, 3.05) is 26.2 Å². The number of amides is 1. The molecule has 0 aromatic heterocycles. The normalized spacial score (nSPS) is 16.1. The van der Waals surface area contributed by atoms with Gasteiger partial charge in [-0.25, -0.2) is 13.1 Å². The van der Waals surface area contributed by atoms with Crippen LogP contribution in [0.4, 0.5) is 0 Å². The third-order valence-electron chi connectivity index (χ3n) is 4.38. The Kier molecular flexibility index (Phi) is 7.32. The van der Waals surface area contributed by atoms with Gasteiger partial charge in [0.2, 0.25) is 10.0 Å². The molecule has 1 N–H and O–H groups in total. The van der Waals surface area contributed by atoms with Crippen LogP contribution in [0.25, 0.3) is 0 Å². The van der Waals surface area contributed by atoms with E-state index in [1.807, 2.05) is 13.8 Å². The van der Waals surface area contributed by atoms with Crippen molar-refractivity contribution in [3.8, 4) is 5.75 Å². The fourth-order valence-corrected chi connectivity index (χ4v) is 4.15. The summed E-state index contributed by atoms with van der Waals surface area (Å²) in [6.07, 6.45) is 2.00. The lowest BCUT2D eigenvalue weighted by molar-refractivity contribution is -0.134. The van der Waals surface area contributed by atoms with Gasteiger partial charge in [0.05, 0.1) is 9.92 Å². The molecule has 2 rings (SSSR count). The molecule has 0 unspecified atom stereocenters. The van der Waals surface area contributed by atoms with Crippen molar-refractivity contribution in [1.82, 2.24) is 9.62 Å². The average Bonchev–Trinajstić information content (AvgIpc) is 2.59. The first kappa shape index (κ1) is 21.0. The van der Waals surface area contributed by atoms with Crippen LogP contribution in [0.3, 0.4) is 0 Å². The zero-order chi connectivity index (χ0) is 19.3. The summed E-state index contributed by atoms with van der Waals surface area (Å²) in [5, 5.41) is 0.164. The van der Waals surface area contributed by atoms with E-state index in [0.717, 1.165) is 25.9 Å². The summed E-state index contributed by atoms with van der Waals surface area (Å²) in [7, 11) is -3.61. The van der Waals surface area contributed by atoms with E-state index in [1.54, 1.807) is 4.90 Å². The van der Waals surface area contributed by atoms with Crippen LogP contribution >= 0.6 is 11.6 Å². The van der Waals surface area contributed by atoms with Gasteiger partial charge in [0.25, 0.3) is 5.91 Å². The Balaban J connectivity index is 1.96. The Morgan fingerprint density at radius 3 is 2.58 bits per heavy atom. The largest absolute Gasteiger partial charge is 0.482 e. The van der Waals surface area contributed by atoms with Crippen molar-refractivity contribution < 1.29 is 17.9 Å². The van der Waals surface area contributed by atoms with Gasteiger partial charge in [-0.2, -0.15) is 0 Å². The standard InChI is InChI=1S/C18H27ClN2O4S/c1-13(2)11-20-26(23,24)15-4-5-17(16(19)10-15)25-12-18(22)21-8-6-14(3)7-9-21/h4-5,10,13-14,20H,6-9,11-12H2,1-3H3. The summed E-state index contributed by atoms with van der Waals surface area (Å²) < 4.78 is 32.5. The molecule has 0 spiro atoms. The molecular formula is C18H27ClN2O4S. The topological polar surface area (TPSA) is 75.7 Å². The van der Waals surface area contributed by atoms with Crippen molar-refractivity contribution in [2.24, 2.45) is 11.8 Å². The van der Waals surface area contributed by atoms with Gasteiger partial charge in [0, 0.05) is 19.6 Å². The van der Waals surface area contributed by atoms with E-state index in [9.17, 15) is 13.2 Å². The molecule has 0 aliphatic carbocycles. The first-order valence-corrected chi connectivity index (χ1v) is 10.7. The maximum Gasteiger partial charge on any atom is 0.260 e.